The van der Waals surface area contributed by atoms with Crippen LogP contribution in [-0.2, 0) is 4.74 Å². The van der Waals surface area contributed by atoms with Crippen LogP contribution in [0.1, 0.15) is 52.4 Å². The summed E-state index contributed by atoms with van der Waals surface area (Å²) in [5.41, 5.74) is 0.375. The first-order valence-electron chi connectivity index (χ1n) is 7.73. The molecule has 1 heterocycles. The SMILES string of the molecule is CC(C)CCOCCN=C1NC2(CCCCC2)CS1. The van der Waals surface area contributed by atoms with E-state index in [1.54, 1.807) is 0 Å². The van der Waals surface area contributed by atoms with Gasteiger partial charge in [0.15, 0.2) is 5.17 Å². The maximum absolute atomic E-state index is 5.60. The monoisotopic (exact) mass is 284 g/mol. The van der Waals surface area contributed by atoms with Gasteiger partial charge in [0.05, 0.1) is 13.2 Å². The number of aliphatic imine (C=N–C) groups is 1. The molecule has 110 valence electrons. The van der Waals surface area contributed by atoms with Crippen LogP contribution in [0, 0.1) is 5.92 Å². The van der Waals surface area contributed by atoms with Crippen molar-refractivity contribution in [2.75, 3.05) is 25.5 Å². The Labute approximate surface area is 122 Å². The first-order chi connectivity index (χ1) is 9.20. The molecular weight excluding hydrogens is 256 g/mol. The summed E-state index contributed by atoms with van der Waals surface area (Å²) in [5.74, 6) is 1.93. The van der Waals surface area contributed by atoms with Crippen LogP contribution in [0.2, 0.25) is 0 Å². The van der Waals surface area contributed by atoms with Crippen molar-refractivity contribution in [2.24, 2.45) is 10.9 Å². The minimum Gasteiger partial charge on any atom is -0.380 e. The molecule has 2 aliphatic rings. The molecule has 0 amide bonds. The van der Waals surface area contributed by atoms with Gasteiger partial charge in [0, 0.05) is 17.9 Å². The second kappa shape index (κ2) is 7.53. The summed E-state index contributed by atoms with van der Waals surface area (Å²) in [5, 5.41) is 4.82. The van der Waals surface area contributed by atoms with E-state index in [1.165, 1.54) is 37.9 Å². The van der Waals surface area contributed by atoms with Crippen LogP contribution in [0.15, 0.2) is 4.99 Å². The van der Waals surface area contributed by atoms with Crippen LogP contribution in [0.3, 0.4) is 0 Å². The van der Waals surface area contributed by atoms with Gasteiger partial charge in [-0.15, -0.1) is 0 Å². The van der Waals surface area contributed by atoms with Crippen molar-refractivity contribution < 1.29 is 4.74 Å². The molecule has 0 bridgehead atoms. The van der Waals surface area contributed by atoms with E-state index in [4.69, 9.17) is 4.74 Å². The quantitative estimate of drug-likeness (QED) is 0.759. The van der Waals surface area contributed by atoms with Crippen LogP contribution >= 0.6 is 11.8 Å². The van der Waals surface area contributed by atoms with Gasteiger partial charge in [0.1, 0.15) is 0 Å². The Morgan fingerprint density at radius 1 is 1.26 bits per heavy atom. The number of amidine groups is 1. The van der Waals surface area contributed by atoms with E-state index in [0.717, 1.165) is 37.3 Å². The predicted molar refractivity (Wildman–Crippen MR) is 84.0 cm³/mol. The van der Waals surface area contributed by atoms with Crippen molar-refractivity contribution in [2.45, 2.75) is 57.9 Å². The van der Waals surface area contributed by atoms with E-state index in [2.05, 4.69) is 24.2 Å². The highest BCUT2D eigenvalue weighted by atomic mass is 32.2. The highest BCUT2D eigenvalue weighted by Crippen LogP contribution is 2.35. The summed E-state index contributed by atoms with van der Waals surface area (Å²) in [6, 6.07) is 0. The summed E-state index contributed by atoms with van der Waals surface area (Å²) >= 11 is 1.90. The Balaban J connectivity index is 1.62. The van der Waals surface area contributed by atoms with Crippen molar-refractivity contribution in [1.82, 2.24) is 5.32 Å². The molecule has 1 spiro atoms. The highest BCUT2D eigenvalue weighted by molar-refractivity contribution is 8.14. The molecular formula is C15H28N2OS. The minimum atomic E-state index is 0.375. The highest BCUT2D eigenvalue weighted by Gasteiger charge is 2.37. The molecule has 0 aromatic carbocycles. The normalized spacial score (nSPS) is 24.3. The maximum Gasteiger partial charge on any atom is 0.157 e. The molecule has 1 saturated heterocycles. The summed E-state index contributed by atoms with van der Waals surface area (Å²) in [6.07, 6.45) is 7.95. The third-order valence-corrected chi connectivity index (χ3v) is 5.20. The lowest BCUT2D eigenvalue weighted by atomic mass is 9.83. The first-order valence-corrected chi connectivity index (χ1v) is 8.72. The van der Waals surface area contributed by atoms with Gasteiger partial charge in [0.2, 0.25) is 0 Å². The lowest BCUT2D eigenvalue weighted by Crippen LogP contribution is -2.45. The van der Waals surface area contributed by atoms with Crippen LogP contribution < -0.4 is 5.32 Å². The Bertz CT molecular complexity index is 299. The second-order valence-corrected chi connectivity index (χ2v) is 7.20. The van der Waals surface area contributed by atoms with Gasteiger partial charge in [-0.05, 0) is 25.2 Å². The van der Waals surface area contributed by atoms with E-state index in [0.29, 0.717) is 5.54 Å². The molecule has 0 radical (unpaired) electrons. The van der Waals surface area contributed by atoms with E-state index in [1.807, 2.05) is 11.8 Å². The van der Waals surface area contributed by atoms with Crippen molar-refractivity contribution in [3.8, 4) is 0 Å². The van der Waals surface area contributed by atoms with Gasteiger partial charge in [-0.25, -0.2) is 0 Å². The third kappa shape index (κ3) is 4.99. The summed E-state index contributed by atoms with van der Waals surface area (Å²) in [4.78, 5) is 4.63. The van der Waals surface area contributed by atoms with Gasteiger partial charge in [-0.3, -0.25) is 4.99 Å². The Hall–Kier alpha value is -0.220. The Morgan fingerprint density at radius 2 is 2.05 bits per heavy atom. The summed E-state index contributed by atoms with van der Waals surface area (Å²) in [7, 11) is 0. The number of hydrogen-bond acceptors (Lipinski definition) is 3. The standard InChI is InChI=1S/C15H28N2OS/c1-13(2)6-10-18-11-9-16-14-17-15(12-19-14)7-4-3-5-8-15/h13H,3-12H2,1-2H3,(H,16,17). The van der Waals surface area contributed by atoms with Crippen LogP contribution in [0.5, 0.6) is 0 Å². The molecule has 0 atom stereocenters. The third-order valence-electron chi connectivity index (χ3n) is 4.00. The number of nitrogens with one attached hydrogen (secondary N) is 1. The lowest BCUT2D eigenvalue weighted by molar-refractivity contribution is 0.131. The van der Waals surface area contributed by atoms with Gasteiger partial charge in [-0.1, -0.05) is 44.9 Å². The zero-order valence-corrected chi connectivity index (χ0v) is 13.2. The molecule has 2 fully saturated rings. The van der Waals surface area contributed by atoms with Crippen LogP contribution in [0.25, 0.3) is 0 Å². The summed E-state index contributed by atoms with van der Waals surface area (Å²) < 4.78 is 5.60. The number of nitrogens with zero attached hydrogens (tertiary/aromatic N) is 1. The molecule has 1 aliphatic heterocycles. The fourth-order valence-electron chi connectivity index (χ4n) is 2.72. The fourth-order valence-corrected chi connectivity index (χ4v) is 3.97. The average Bonchev–Trinajstić information content (AvgIpc) is 2.77. The van der Waals surface area contributed by atoms with E-state index < -0.39 is 0 Å². The lowest BCUT2D eigenvalue weighted by Gasteiger charge is -2.32. The van der Waals surface area contributed by atoms with E-state index in [-0.39, 0.29) is 0 Å². The molecule has 1 N–H and O–H groups in total. The van der Waals surface area contributed by atoms with Crippen molar-refractivity contribution >= 4 is 16.9 Å². The average molecular weight is 284 g/mol. The zero-order valence-electron chi connectivity index (χ0n) is 12.4. The predicted octanol–water partition coefficient (Wildman–Crippen LogP) is 3.44. The number of thioether (sulfide) groups is 1. The fraction of sp³-hybridized carbons (Fsp3) is 0.933. The van der Waals surface area contributed by atoms with Crippen LogP contribution in [-0.4, -0.2) is 36.2 Å². The Kier molecular flexibility index (Phi) is 6.02. The molecule has 4 heteroatoms. The smallest absolute Gasteiger partial charge is 0.157 e. The molecule has 0 aromatic rings. The molecule has 3 nitrogen and oxygen atoms in total. The topological polar surface area (TPSA) is 33.6 Å². The molecule has 19 heavy (non-hydrogen) atoms. The molecule has 2 rings (SSSR count). The van der Waals surface area contributed by atoms with Crippen molar-refractivity contribution in [3.05, 3.63) is 0 Å². The second-order valence-electron chi connectivity index (χ2n) is 6.24. The zero-order chi connectivity index (χ0) is 13.6. The Morgan fingerprint density at radius 3 is 2.79 bits per heavy atom. The minimum absolute atomic E-state index is 0.375. The van der Waals surface area contributed by atoms with Gasteiger partial charge < -0.3 is 10.1 Å². The molecule has 0 unspecified atom stereocenters. The number of ether oxygens (including phenoxy) is 1. The number of rotatable bonds is 6. The van der Waals surface area contributed by atoms with E-state index in [9.17, 15) is 0 Å². The van der Waals surface area contributed by atoms with Gasteiger partial charge in [0.25, 0.3) is 0 Å². The largest absolute Gasteiger partial charge is 0.380 e. The van der Waals surface area contributed by atoms with Gasteiger partial charge in [-0.2, -0.15) is 0 Å². The summed E-state index contributed by atoms with van der Waals surface area (Å²) in [6.45, 7) is 6.88. The van der Waals surface area contributed by atoms with Crippen molar-refractivity contribution in [1.29, 1.82) is 0 Å². The van der Waals surface area contributed by atoms with Gasteiger partial charge >= 0.3 is 0 Å². The molecule has 1 aliphatic carbocycles. The molecule has 1 saturated carbocycles. The molecule has 0 aromatic heterocycles. The van der Waals surface area contributed by atoms with E-state index >= 15 is 0 Å². The maximum atomic E-state index is 5.60. The van der Waals surface area contributed by atoms with Crippen LogP contribution in [0.4, 0.5) is 0 Å². The van der Waals surface area contributed by atoms with Crippen molar-refractivity contribution in [3.63, 3.8) is 0 Å². The first kappa shape index (κ1) is 15.2. The number of hydrogen-bond donors (Lipinski definition) is 1.